The van der Waals surface area contributed by atoms with Gasteiger partial charge in [-0.3, -0.25) is 0 Å². The Morgan fingerprint density at radius 3 is 2.50 bits per heavy atom. The summed E-state index contributed by atoms with van der Waals surface area (Å²) in [6.45, 7) is 5.19. The van der Waals surface area contributed by atoms with Crippen LogP contribution in [0.25, 0.3) is 0 Å². The Kier molecular flexibility index (Phi) is 6.17. The number of rotatable bonds is 7. The van der Waals surface area contributed by atoms with Crippen molar-refractivity contribution in [1.82, 2.24) is 15.1 Å². The van der Waals surface area contributed by atoms with Gasteiger partial charge in [0.25, 0.3) is 0 Å². The lowest BCUT2D eigenvalue weighted by Crippen LogP contribution is -2.23. The van der Waals surface area contributed by atoms with Gasteiger partial charge >= 0.3 is 0 Å². The summed E-state index contributed by atoms with van der Waals surface area (Å²) in [5.74, 6) is 0.322. The number of aryl methyl sites for hydroxylation is 1. The molecule has 0 aromatic carbocycles. The first kappa shape index (κ1) is 16.2. The molecule has 0 aliphatic heterocycles. The second-order valence-electron chi connectivity index (χ2n) is 4.65. The molecule has 0 spiro atoms. The molecule has 0 bridgehead atoms. The first-order chi connectivity index (χ1) is 9.54. The molecule has 7 nitrogen and oxygen atoms in total. The smallest absolute Gasteiger partial charge is 0.245 e. The summed E-state index contributed by atoms with van der Waals surface area (Å²) in [6.07, 6.45) is 1.45. The molecule has 0 aliphatic rings. The van der Waals surface area contributed by atoms with Gasteiger partial charge < -0.3 is 20.6 Å². The predicted molar refractivity (Wildman–Crippen MR) is 77.3 cm³/mol. The van der Waals surface area contributed by atoms with Gasteiger partial charge in [0.05, 0.1) is 11.3 Å². The highest BCUT2D eigenvalue weighted by Gasteiger charge is 2.19. The van der Waals surface area contributed by atoms with Crippen LogP contribution in [-0.2, 0) is 12.8 Å². The number of nitrogens with two attached hydrogens (primary N) is 1. The first-order valence-corrected chi connectivity index (χ1v) is 6.68. The number of aromatic nitrogens is 2. The van der Waals surface area contributed by atoms with E-state index in [1.54, 1.807) is 0 Å². The van der Waals surface area contributed by atoms with Crippen LogP contribution in [0.4, 0.5) is 0 Å². The van der Waals surface area contributed by atoms with E-state index < -0.39 is 0 Å². The highest BCUT2D eigenvalue weighted by molar-refractivity contribution is 6.00. The number of hydrogen-bond donors (Lipinski definition) is 2. The van der Waals surface area contributed by atoms with Crippen molar-refractivity contribution in [2.45, 2.75) is 26.7 Å². The van der Waals surface area contributed by atoms with E-state index in [1.807, 2.05) is 32.8 Å². The second kappa shape index (κ2) is 7.64. The van der Waals surface area contributed by atoms with Crippen LogP contribution < -0.4 is 10.5 Å². The number of hydrogen-bond acceptors (Lipinski definition) is 6. The maximum atomic E-state index is 8.96. The number of likely N-dealkylation sites (N-methyl/N-ethyl adjacent to an activating group) is 1. The average Bonchev–Trinajstić information content (AvgIpc) is 2.45. The van der Waals surface area contributed by atoms with Gasteiger partial charge in [-0.05, 0) is 32.5 Å². The Morgan fingerprint density at radius 2 is 2.00 bits per heavy atom. The Bertz CT molecular complexity index is 474. The Labute approximate surface area is 119 Å². The van der Waals surface area contributed by atoms with Crippen molar-refractivity contribution < 1.29 is 9.94 Å². The van der Waals surface area contributed by atoms with Crippen LogP contribution in [-0.4, -0.2) is 53.4 Å². The highest BCUT2D eigenvalue weighted by atomic mass is 16.5. The van der Waals surface area contributed by atoms with Gasteiger partial charge in [0.15, 0.2) is 5.84 Å². The van der Waals surface area contributed by atoms with Gasteiger partial charge in [-0.1, -0.05) is 19.0 Å². The lowest BCUT2D eigenvalue weighted by Gasteiger charge is -2.16. The number of nitrogens with zero attached hydrogens (tertiary/aromatic N) is 4. The van der Waals surface area contributed by atoms with Crippen molar-refractivity contribution in [3.63, 3.8) is 0 Å². The zero-order chi connectivity index (χ0) is 15.1. The second-order valence-corrected chi connectivity index (χ2v) is 4.65. The Balaban J connectivity index is 3.16. The number of ether oxygens (including phenoxy) is 1. The molecule has 1 heterocycles. The third kappa shape index (κ3) is 3.80. The SMILES string of the molecule is CCc1nnc(OCCN(C)C)c(C(N)=NO)c1CC. The standard InChI is InChI=1S/C13H23N5O2/c1-5-9-10(6-2)15-16-13(11(9)12(14)17-19)20-8-7-18(3)4/h19H,5-8H2,1-4H3,(H2,14,17). The van der Waals surface area contributed by atoms with Crippen LogP contribution in [0.5, 0.6) is 5.88 Å². The summed E-state index contributed by atoms with van der Waals surface area (Å²) >= 11 is 0. The van der Waals surface area contributed by atoms with Crippen LogP contribution in [0.2, 0.25) is 0 Å². The van der Waals surface area contributed by atoms with Gasteiger partial charge in [-0.2, -0.15) is 5.10 Å². The van der Waals surface area contributed by atoms with Crippen LogP contribution in [0.15, 0.2) is 5.16 Å². The summed E-state index contributed by atoms with van der Waals surface area (Å²) in [7, 11) is 3.91. The molecule has 0 saturated carbocycles. The zero-order valence-electron chi connectivity index (χ0n) is 12.6. The Hall–Kier alpha value is -1.89. The van der Waals surface area contributed by atoms with E-state index in [4.69, 9.17) is 15.7 Å². The molecule has 1 rings (SSSR count). The number of amidine groups is 1. The molecule has 0 aliphatic carbocycles. The average molecular weight is 281 g/mol. The Morgan fingerprint density at radius 1 is 1.30 bits per heavy atom. The fraction of sp³-hybridized carbons (Fsp3) is 0.615. The van der Waals surface area contributed by atoms with E-state index in [-0.39, 0.29) is 5.84 Å². The van der Waals surface area contributed by atoms with Crippen molar-refractivity contribution >= 4 is 5.84 Å². The molecule has 7 heteroatoms. The van der Waals surface area contributed by atoms with E-state index in [1.165, 1.54) is 0 Å². The van der Waals surface area contributed by atoms with Crippen LogP contribution in [0.1, 0.15) is 30.7 Å². The fourth-order valence-electron chi connectivity index (χ4n) is 1.89. The van der Waals surface area contributed by atoms with Crippen molar-refractivity contribution in [3.8, 4) is 5.88 Å². The zero-order valence-corrected chi connectivity index (χ0v) is 12.6. The molecule has 0 unspecified atom stereocenters. The summed E-state index contributed by atoms with van der Waals surface area (Å²) in [4.78, 5) is 2.00. The van der Waals surface area contributed by atoms with Crippen molar-refractivity contribution in [3.05, 3.63) is 16.8 Å². The summed E-state index contributed by atoms with van der Waals surface area (Å²) < 4.78 is 5.63. The molecule has 0 radical (unpaired) electrons. The van der Waals surface area contributed by atoms with Gasteiger partial charge in [-0.25, -0.2) is 0 Å². The number of oxime groups is 1. The minimum atomic E-state index is 0.00584. The molecule has 1 aromatic heterocycles. The van der Waals surface area contributed by atoms with Crippen molar-refractivity contribution in [2.24, 2.45) is 10.9 Å². The lowest BCUT2D eigenvalue weighted by molar-refractivity contribution is 0.250. The molecule has 0 fully saturated rings. The summed E-state index contributed by atoms with van der Waals surface area (Å²) in [6, 6.07) is 0. The summed E-state index contributed by atoms with van der Waals surface area (Å²) in [5, 5.41) is 20.3. The molecule has 112 valence electrons. The van der Waals surface area contributed by atoms with Crippen LogP contribution in [0, 0.1) is 0 Å². The third-order valence-electron chi connectivity index (χ3n) is 2.96. The molecule has 20 heavy (non-hydrogen) atoms. The van der Waals surface area contributed by atoms with Gasteiger partial charge in [0.1, 0.15) is 6.61 Å². The van der Waals surface area contributed by atoms with Gasteiger partial charge in [0, 0.05) is 6.54 Å². The monoisotopic (exact) mass is 281 g/mol. The van der Waals surface area contributed by atoms with Crippen molar-refractivity contribution in [2.75, 3.05) is 27.2 Å². The minimum Gasteiger partial charge on any atom is -0.475 e. The predicted octanol–water partition coefficient (Wildman–Crippen LogP) is 0.636. The van der Waals surface area contributed by atoms with Crippen molar-refractivity contribution in [1.29, 1.82) is 0 Å². The quantitative estimate of drug-likeness (QED) is 0.329. The lowest BCUT2D eigenvalue weighted by atomic mass is 10.0. The molecular weight excluding hydrogens is 258 g/mol. The van der Waals surface area contributed by atoms with E-state index in [0.717, 1.165) is 24.2 Å². The van der Waals surface area contributed by atoms with Crippen LogP contribution >= 0.6 is 0 Å². The fourth-order valence-corrected chi connectivity index (χ4v) is 1.89. The maximum absolute atomic E-state index is 8.96. The molecule has 3 N–H and O–H groups in total. The normalized spacial score (nSPS) is 11.9. The molecule has 0 atom stereocenters. The summed E-state index contributed by atoms with van der Waals surface area (Å²) in [5.41, 5.74) is 8.07. The topological polar surface area (TPSA) is 96.9 Å². The molecular formula is C13H23N5O2. The van der Waals surface area contributed by atoms with E-state index >= 15 is 0 Å². The molecule has 0 amide bonds. The van der Waals surface area contributed by atoms with E-state index in [9.17, 15) is 0 Å². The third-order valence-corrected chi connectivity index (χ3v) is 2.96. The first-order valence-electron chi connectivity index (χ1n) is 6.68. The van der Waals surface area contributed by atoms with E-state index in [2.05, 4.69) is 15.4 Å². The van der Waals surface area contributed by atoms with Gasteiger partial charge in [0.2, 0.25) is 5.88 Å². The maximum Gasteiger partial charge on any atom is 0.245 e. The van der Waals surface area contributed by atoms with Crippen LogP contribution in [0.3, 0.4) is 0 Å². The highest BCUT2D eigenvalue weighted by Crippen LogP contribution is 2.22. The van der Waals surface area contributed by atoms with E-state index in [0.29, 0.717) is 24.5 Å². The molecule has 0 saturated heterocycles. The van der Waals surface area contributed by atoms with Gasteiger partial charge in [-0.15, -0.1) is 5.10 Å². The molecule has 1 aromatic rings. The minimum absolute atomic E-state index is 0.00584. The largest absolute Gasteiger partial charge is 0.475 e.